The quantitative estimate of drug-likeness (QED) is 0.723. The van der Waals surface area contributed by atoms with Crippen molar-refractivity contribution in [2.45, 2.75) is 19.2 Å². The van der Waals surface area contributed by atoms with Gasteiger partial charge in [-0.2, -0.15) is 0 Å². The summed E-state index contributed by atoms with van der Waals surface area (Å²) in [5.41, 5.74) is 1.15. The summed E-state index contributed by atoms with van der Waals surface area (Å²) < 4.78 is 16.2. The topological polar surface area (TPSA) is 71.2 Å². The molecule has 1 N–H and O–H groups in total. The summed E-state index contributed by atoms with van der Waals surface area (Å²) in [5.74, 6) is 1.61. The van der Waals surface area contributed by atoms with E-state index in [1.54, 1.807) is 6.20 Å². The Morgan fingerprint density at radius 1 is 1.27 bits per heavy atom. The molecule has 7 heteroatoms. The van der Waals surface area contributed by atoms with Crippen LogP contribution in [-0.2, 0) is 17.8 Å². The Morgan fingerprint density at radius 2 is 2.12 bits per heavy atom. The number of aliphatic hydroxyl groups is 1. The fraction of sp³-hybridized carbons (Fsp3) is 0.526. The lowest BCUT2D eigenvalue weighted by Crippen LogP contribution is -2.42. The second-order valence-electron chi connectivity index (χ2n) is 6.68. The monoisotopic (exact) mass is 361 g/mol. The number of benzene rings is 1. The van der Waals surface area contributed by atoms with Gasteiger partial charge in [0, 0.05) is 32.2 Å². The number of hydrogen-bond donors (Lipinski definition) is 1. The summed E-state index contributed by atoms with van der Waals surface area (Å²) in [4.78, 5) is 4.35. The molecule has 0 amide bonds. The molecule has 7 nitrogen and oxygen atoms in total. The molecule has 3 rings (SSSR count). The standard InChI is InChI=1S/C19H27N3O4/c1-21(14-19-5-6-20-26-19)12-16-3-2-4-18(11-16)25-15-17(23)13-22-7-9-24-10-8-22/h2-6,11,17,23H,7-10,12-15H2,1H3. The molecular weight excluding hydrogens is 334 g/mol. The highest BCUT2D eigenvalue weighted by molar-refractivity contribution is 5.28. The van der Waals surface area contributed by atoms with Crippen LogP contribution in [0.2, 0.25) is 0 Å². The van der Waals surface area contributed by atoms with Gasteiger partial charge in [-0.05, 0) is 24.7 Å². The molecule has 1 aliphatic rings. The zero-order valence-electron chi connectivity index (χ0n) is 15.2. The van der Waals surface area contributed by atoms with Crippen LogP contribution >= 0.6 is 0 Å². The summed E-state index contributed by atoms with van der Waals surface area (Å²) in [6, 6.07) is 9.83. The second-order valence-corrected chi connectivity index (χ2v) is 6.68. The summed E-state index contributed by atoms with van der Waals surface area (Å²) >= 11 is 0. The highest BCUT2D eigenvalue weighted by atomic mass is 16.5. The average molecular weight is 361 g/mol. The molecule has 2 aromatic rings. The predicted octanol–water partition coefficient (Wildman–Crippen LogP) is 1.38. The number of aromatic nitrogens is 1. The lowest BCUT2D eigenvalue weighted by atomic mass is 10.2. The van der Waals surface area contributed by atoms with Crippen molar-refractivity contribution >= 4 is 0 Å². The fourth-order valence-corrected chi connectivity index (χ4v) is 3.02. The Labute approximate surface area is 154 Å². The van der Waals surface area contributed by atoms with Crippen molar-refractivity contribution in [3.63, 3.8) is 0 Å². The second kappa shape index (κ2) is 9.68. The zero-order chi connectivity index (χ0) is 18.2. The van der Waals surface area contributed by atoms with Gasteiger partial charge in [0.1, 0.15) is 18.5 Å². The van der Waals surface area contributed by atoms with Crippen molar-refractivity contribution in [2.24, 2.45) is 0 Å². The average Bonchev–Trinajstić information content (AvgIpc) is 3.14. The Bertz CT molecular complexity index is 644. The molecule has 26 heavy (non-hydrogen) atoms. The van der Waals surface area contributed by atoms with Crippen molar-refractivity contribution in [2.75, 3.05) is 46.5 Å². The molecule has 0 aliphatic carbocycles. The Balaban J connectivity index is 1.44. The minimum Gasteiger partial charge on any atom is -0.491 e. The largest absolute Gasteiger partial charge is 0.491 e. The molecule has 1 saturated heterocycles. The van der Waals surface area contributed by atoms with Crippen LogP contribution in [0.25, 0.3) is 0 Å². The molecule has 2 heterocycles. The van der Waals surface area contributed by atoms with Gasteiger partial charge in [-0.25, -0.2) is 0 Å². The maximum atomic E-state index is 10.2. The third-order valence-electron chi connectivity index (χ3n) is 4.28. The van der Waals surface area contributed by atoms with E-state index in [-0.39, 0.29) is 6.61 Å². The predicted molar refractivity (Wildman–Crippen MR) is 96.9 cm³/mol. The molecule has 1 aromatic carbocycles. The van der Waals surface area contributed by atoms with Gasteiger partial charge in [-0.1, -0.05) is 17.3 Å². The molecule has 0 spiro atoms. The van der Waals surface area contributed by atoms with E-state index in [4.69, 9.17) is 14.0 Å². The van der Waals surface area contributed by atoms with E-state index in [1.165, 1.54) is 0 Å². The van der Waals surface area contributed by atoms with Gasteiger partial charge in [0.05, 0.1) is 26.0 Å². The molecule has 1 atom stereocenters. The summed E-state index contributed by atoms with van der Waals surface area (Å²) in [5, 5.41) is 13.9. The van der Waals surface area contributed by atoms with E-state index in [0.29, 0.717) is 13.1 Å². The molecule has 0 saturated carbocycles. The Kier molecular flexibility index (Phi) is 7.02. The Hall–Kier alpha value is -1.93. The number of rotatable bonds is 9. The van der Waals surface area contributed by atoms with Gasteiger partial charge in [0.15, 0.2) is 5.76 Å². The van der Waals surface area contributed by atoms with Crippen LogP contribution in [0, 0.1) is 0 Å². The lowest BCUT2D eigenvalue weighted by molar-refractivity contribution is 0.00464. The van der Waals surface area contributed by atoms with E-state index >= 15 is 0 Å². The van der Waals surface area contributed by atoms with Crippen molar-refractivity contribution in [1.82, 2.24) is 15.0 Å². The number of morpholine rings is 1. The molecule has 1 aliphatic heterocycles. The highest BCUT2D eigenvalue weighted by Crippen LogP contribution is 2.16. The van der Waals surface area contributed by atoms with Gasteiger partial charge in [-0.3, -0.25) is 9.80 Å². The Morgan fingerprint density at radius 3 is 2.88 bits per heavy atom. The fourth-order valence-electron chi connectivity index (χ4n) is 3.02. The minimum absolute atomic E-state index is 0.286. The van der Waals surface area contributed by atoms with Crippen molar-refractivity contribution in [3.8, 4) is 5.75 Å². The normalized spacial score (nSPS) is 16.7. The first-order valence-corrected chi connectivity index (χ1v) is 8.97. The van der Waals surface area contributed by atoms with Crippen LogP contribution in [0.3, 0.4) is 0 Å². The third-order valence-corrected chi connectivity index (χ3v) is 4.28. The van der Waals surface area contributed by atoms with E-state index < -0.39 is 6.10 Å². The number of aliphatic hydroxyl groups excluding tert-OH is 1. The summed E-state index contributed by atoms with van der Waals surface area (Å²) in [6.45, 7) is 5.57. The molecule has 142 valence electrons. The number of hydrogen-bond acceptors (Lipinski definition) is 7. The van der Waals surface area contributed by atoms with Crippen LogP contribution < -0.4 is 4.74 Å². The molecule has 0 radical (unpaired) electrons. The molecular formula is C19H27N3O4. The maximum absolute atomic E-state index is 10.2. The molecule has 1 aromatic heterocycles. The number of ether oxygens (including phenoxy) is 2. The van der Waals surface area contributed by atoms with Gasteiger partial charge in [0.25, 0.3) is 0 Å². The summed E-state index contributed by atoms with van der Waals surface area (Å²) in [6.07, 6.45) is 1.14. The van der Waals surface area contributed by atoms with Gasteiger partial charge < -0.3 is 19.1 Å². The van der Waals surface area contributed by atoms with Gasteiger partial charge in [-0.15, -0.1) is 0 Å². The van der Waals surface area contributed by atoms with E-state index in [2.05, 4.69) is 21.0 Å². The maximum Gasteiger partial charge on any atom is 0.150 e. The van der Waals surface area contributed by atoms with Crippen LogP contribution in [0.5, 0.6) is 5.75 Å². The molecule has 0 bridgehead atoms. The number of nitrogens with zero attached hydrogens (tertiary/aromatic N) is 3. The first kappa shape index (κ1) is 18.8. The van der Waals surface area contributed by atoms with Crippen LogP contribution in [0.1, 0.15) is 11.3 Å². The molecule has 1 fully saturated rings. The lowest BCUT2D eigenvalue weighted by Gasteiger charge is -2.28. The molecule has 1 unspecified atom stereocenters. The van der Waals surface area contributed by atoms with Gasteiger partial charge >= 0.3 is 0 Å². The SMILES string of the molecule is CN(Cc1cccc(OCC(O)CN2CCOCC2)c1)Cc1ccno1. The first-order valence-electron chi connectivity index (χ1n) is 8.97. The van der Waals surface area contributed by atoms with E-state index in [1.807, 2.05) is 31.3 Å². The first-order chi connectivity index (χ1) is 12.7. The highest BCUT2D eigenvalue weighted by Gasteiger charge is 2.15. The number of β-amino-alcohol motifs (C(OH)–C–C–N with tert-alkyl or cyclic N) is 1. The van der Waals surface area contributed by atoms with Crippen molar-refractivity contribution in [3.05, 3.63) is 47.9 Å². The van der Waals surface area contributed by atoms with Crippen LogP contribution in [0.4, 0.5) is 0 Å². The third kappa shape index (κ3) is 6.10. The van der Waals surface area contributed by atoms with Crippen molar-refractivity contribution < 1.29 is 19.1 Å². The van der Waals surface area contributed by atoms with Gasteiger partial charge in [0.2, 0.25) is 0 Å². The van der Waals surface area contributed by atoms with E-state index in [9.17, 15) is 5.11 Å². The van der Waals surface area contributed by atoms with E-state index in [0.717, 1.165) is 49.9 Å². The van der Waals surface area contributed by atoms with Crippen LogP contribution in [0.15, 0.2) is 41.1 Å². The summed E-state index contributed by atoms with van der Waals surface area (Å²) in [7, 11) is 2.03. The minimum atomic E-state index is -0.508. The smallest absolute Gasteiger partial charge is 0.150 e. The van der Waals surface area contributed by atoms with Crippen molar-refractivity contribution in [1.29, 1.82) is 0 Å². The zero-order valence-corrected chi connectivity index (χ0v) is 15.2. The van der Waals surface area contributed by atoms with Crippen LogP contribution in [-0.4, -0.2) is 72.7 Å².